The minimum absolute atomic E-state index is 0.0149. The SMILES string of the molecule is C=C(F)C(=O)N1CCN(c2nc(O[C@@H]3CN(C)C[C@H]3OC)nc3c2CCCN3Cc2c(Cl)c(F)cc3[nH]ncc23)C[C@@H]1CC#N. The molecule has 1 amide bonds. The van der Waals surface area contributed by atoms with Gasteiger partial charge in [0.25, 0.3) is 5.91 Å². The van der Waals surface area contributed by atoms with Gasteiger partial charge in [-0.2, -0.15) is 20.3 Å². The van der Waals surface area contributed by atoms with Crippen LogP contribution >= 0.6 is 11.6 Å². The van der Waals surface area contributed by atoms with Gasteiger partial charge in [-0.15, -0.1) is 0 Å². The molecule has 1 N–H and O–H groups in total. The zero-order chi connectivity index (χ0) is 31.8. The highest BCUT2D eigenvalue weighted by Gasteiger charge is 2.37. The van der Waals surface area contributed by atoms with Crippen molar-refractivity contribution in [1.29, 1.82) is 5.26 Å². The summed E-state index contributed by atoms with van der Waals surface area (Å²) < 4.78 is 40.7. The zero-order valence-corrected chi connectivity index (χ0v) is 25.9. The molecule has 0 spiro atoms. The van der Waals surface area contributed by atoms with Crippen LogP contribution in [0.25, 0.3) is 10.9 Å². The molecule has 2 saturated heterocycles. The minimum Gasteiger partial charge on any atom is -0.456 e. The molecule has 0 unspecified atom stereocenters. The number of hydrogen-bond donors (Lipinski definition) is 1. The van der Waals surface area contributed by atoms with Crippen LogP contribution in [0.2, 0.25) is 5.02 Å². The van der Waals surface area contributed by atoms with Gasteiger partial charge in [0, 0.05) is 75.5 Å². The first-order valence-electron chi connectivity index (χ1n) is 14.8. The Labute approximate surface area is 264 Å². The number of aromatic amines is 1. The number of nitriles is 1. The molecule has 15 heteroatoms. The Morgan fingerprint density at radius 3 is 2.76 bits per heavy atom. The molecule has 0 aliphatic carbocycles. The molecular formula is C30H34ClF2N9O3. The Hall–Kier alpha value is -4.06. The predicted octanol–water partition coefficient (Wildman–Crippen LogP) is 3.22. The maximum absolute atomic E-state index is 14.8. The van der Waals surface area contributed by atoms with E-state index in [-0.39, 0.29) is 49.3 Å². The fraction of sp³-hybridized carbons (Fsp3) is 0.500. The summed E-state index contributed by atoms with van der Waals surface area (Å²) >= 11 is 6.51. The summed E-state index contributed by atoms with van der Waals surface area (Å²) in [6, 6.07) is 3.04. The second-order valence-corrected chi connectivity index (χ2v) is 12.0. The third kappa shape index (κ3) is 5.99. The average Bonchev–Trinajstić information content (AvgIpc) is 3.64. The normalized spacial score (nSPS) is 22.0. The van der Waals surface area contributed by atoms with Crippen molar-refractivity contribution in [2.24, 2.45) is 0 Å². The van der Waals surface area contributed by atoms with Crippen molar-refractivity contribution in [3.05, 3.63) is 46.6 Å². The number of amides is 1. The van der Waals surface area contributed by atoms with Gasteiger partial charge in [-0.05, 0) is 19.9 Å². The zero-order valence-electron chi connectivity index (χ0n) is 25.1. The number of nitrogens with one attached hydrogen (secondary N) is 1. The summed E-state index contributed by atoms with van der Waals surface area (Å²) in [5.41, 5.74) is 1.99. The van der Waals surface area contributed by atoms with Gasteiger partial charge in [-0.25, -0.2) is 8.78 Å². The number of carbonyl (C=O) groups is 1. The number of nitrogens with zero attached hydrogens (tertiary/aromatic N) is 8. The van der Waals surface area contributed by atoms with E-state index >= 15 is 0 Å². The minimum atomic E-state index is -1.06. The predicted molar refractivity (Wildman–Crippen MR) is 163 cm³/mol. The highest BCUT2D eigenvalue weighted by Crippen LogP contribution is 2.38. The summed E-state index contributed by atoms with van der Waals surface area (Å²) in [6.45, 7) is 6.15. The van der Waals surface area contributed by atoms with Crippen LogP contribution in [0.1, 0.15) is 24.0 Å². The van der Waals surface area contributed by atoms with Crippen LogP contribution in [0, 0.1) is 17.1 Å². The maximum atomic E-state index is 14.8. The second kappa shape index (κ2) is 12.7. The number of aromatic nitrogens is 4. The summed E-state index contributed by atoms with van der Waals surface area (Å²) in [6.07, 6.45) is 2.58. The van der Waals surface area contributed by atoms with Crippen LogP contribution in [0.15, 0.2) is 24.7 Å². The van der Waals surface area contributed by atoms with E-state index in [0.717, 1.165) is 12.0 Å². The largest absolute Gasteiger partial charge is 0.456 e. The number of fused-ring (bicyclic) bond motifs is 2. The monoisotopic (exact) mass is 641 g/mol. The van der Waals surface area contributed by atoms with Gasteiger partial charge >= 0.3 is 6.01 Å². The van der Waals surface area contributed by atoms with Gasteiger partial charge in [0.15, 0.2) is 5.83 Å². The molecule has 2 fully saturated rings. The van der Waals surface area contributed by atoms with Gasteiger partial charge in [0.1, 0.15) is 29.7 Å². The first-order chi connectivity index (χ1) is 21.7. The summed E-state index contributed by atoms with van der Waals surface area (Å²) in [7, 11) is 3.63. The lowest BCUT2D eigenvalue weighted by Crippen LogP contribution is -2.55. The van der Waals surface area contributed by atoms with Crippen LogP contribution < -0.4 is 14.5 Å². The van der Waals surface area contributed by atoms with Crippen molar-refractivity contribution in [1.82, 2.24) is 30.0 Å². The van der Waals surface area contributed by atoms with Crippen LogP contribution in [-0.2, 0) is 22.5 Å². The topological polar surface area (TPSA) is 127 Å². The van der Waals surface area contributed by atoms with Crippen molar-refractivity contribution < 1.29 is 23.0 Å². The van der Waals surface area contributed by atoms with Crippen LogP contribution in [0.3, 0.4) is 0 Å². The molecule has 45 heavy (non-hydrogen) atoms. The number of H-pyrrole nitrogens is 1. The Kier molecular flexibility index (Phi) is 8.76. The third-order valence-electron chi connectivity index (χ3n) is 8.75. The van der Waals surface area contributed by atoms with E-state index in [1.807, 2.05) is 16.8 Å². The van der Waals surface area contributed by atoms with Gasteiger partial charge < -0.3 is 24.2 Å². The summed E-state index contributed by atoms with van der Waals surface area (Å²) in [5, 5.41) is 17.2. The summed E-state index contributed by atoms with van der Waals surface area (Å²) in [4.78, 5) is 29.8. The Bertz CT molecular complexity index is 1660. The number of hydrogen-bond acceptors (Lipinski definition) is 10. The number of anilines is 2. The maximum Gasteiger partial charge on any atom is 0.320 e. The first-order valence-corrected chi connectivity index (χ1v) is 15.2. The molecule has 0 radical (unpaired) electrons. The average molecular weight is 642 g/mol. The highest BCUT2D eigenvalue weighted by atomic mass is 35.5. The lowest BCUT2D eigenvalue weighted by Gasteiger charge is -2.42. The molecule has 12 nitrogen and oxygen atoms in total. The van der Waals surface area contributed by atoms with Crippen LogP contribution in [0.5, 0.6) is 6.01 Å². The number of ether oxygens (including phenoxy) is 2. The highest BCUT2D eigenvalue weighted by molar-refractivity contribution is 6.32. The number of methoxy groups -OCH3 is 1. The van der Waals surface area contributed by atoms with Crippen molar-refractivity contribution in [2.75, 3.05) is 63.2 Å². The number of piperazine rings is 1. The lowest BCUT2D eigenvalue weighted by atomic mass is 10.0. The standard InChI is InChI=1S/C30H34ClF2N9O3/c1-17(32)29(43)42-10-9-41(13-18(42)6-7-34)28-19-5-4-8-40(14-21-20-12-35-38-23(20)11-22(33)26(21)31)27(19)36-30(37-28)45-25-16-39(2)15-24(25)44-3/h11-12,18,24-25H,1,4-6,8-10,13-16H2,2-3H3,(H,35,38)/t18-,24+,25+/m0/s1. The van der Waals surface area contributed by atoms with Crippen molar-refractivity contribution in [2.45, 2.75) is 44.1 Å². The fourth-order valence-corrected chi connectivity index (χ4v) is 6.76. The molecule has 3 aromatic rings. The lowest BCUT2D eigenvalue weighted by molar-refractivity contribution is -0.131. The molecule has 3 aliphatic heterocycles. The van der Waals surface area contributed by atoms with Crippen molar-refractivity contribution in [3.63, 3.8) is 0 Å². The van der Waals surface area contributed by atoms with E-state index in [1.54, 1.807) is 13.3 Å². The number of halogens is 3. The molecule has 0 saturated carbocycles. The van der Waals surface area contributed by atoms with E-state index < -0.39 is 23.6 Å². The first kappa shape index (κ1) is 30.9. The van der Waals surface area contributed by atoms with Gasteiger partial charge in [-0.3, -0.25) is 14.8 Å². The number of benzene rings is 1. The smallest absolute Gasteiger partial charge is 0.320 e. The molecule has 3 atom stereocenters. The Morgan fingerprint density at radius 2 is 2.00 bits per heavy atom. The van der Waals surface area contributed by atoms with Crippen molar-refractivity contribution in [3.8, 4) is 12.1 Å². The number of likely N-dealkylation sites (N-methyl/N-ethyl adjacent to an activating group) is 1. The fourth-order valence-electron chi connectivity index (χ4n) is 6.54. The third-order valence-corrected chi connectivity index (χ3v) is 9.15. The van der Waals surface area contributed by atoms with E-state index in [9.17, 15) is 18.8 Å². The van der Waals surface area contributed by atoms with E-state index in [4.69, 9.17) is 31.0 Å². The molecule has 2 aromatic heterocycles. The Balaban J connectivity index is 1.40. The Morgan fingerprint density at radius 1 is 1.22 bits per heavy atom. The number of rotatable bonds is 8. The van der Waals surface area contributed by atoms with Crippen molar-refractivity contribution >= 4 is 40.0 Å². The summed E-state index contributed by atoms with van der Waals surface area (Å²) in [5.74, 6) is -1.17. The number of carbonyl (C=O) groups excluding carboxylic acids is 1. The number of likely N-dealkylation sites (tertiary alicyclic amines) is 1. The quantitative estimate of drug-likeness (QED) is 0.366. The van der Waals surface area contributed by atoms with Gasteiger partial charge in [-0.1, -0.05) is 18.2 Å². The molecule has 5 heterocycles. The van der Waals surface area contributed by atoms with Crippen LogP contribution in [-0.4, -0.2) is 108 Å². The molecule has 3 aliphatic rings. The molecule has 238 valence electrons. The van der Waals surface area contributed by atoms with Gasteiger partial charge in [0.05, 0.1) is 35.3 Å². The van der Waals surface area contributed by atoms with E-state index in [0.29, 0.717) is 60.7 Å². The molecule has 0 bridgehead atoms. The van der Waals surface area contributed by atoms with E-state index in [1.165, 1.54) is 11.0 Å². The van der Waals surface area contributed by atoms with E-state index in [2.05, 4.69) is 27.7 Å². The van der Waals surface area contributed by atoms with Crippen LogP contribution in [0.4, 0.5) is 20.4 Å². The molecule has 1 aromatic carbocycles. The second-order valence-electron chi connectivity index (χ2n) is 11.7. The van der Waals surface area contributed by atoms with Gasteiger partial charge in [0.2, 0.25) is 0 Å². The molecular weight excluding hydrogens is 608 g/mol. The molecule has 6 rings (SSSR count).